The second-order valence-corrected chi connectivity index (χ2v) is 10.1. The summed E-state index contributed by atoms with van der Waals surface area (Å²) in [5.74, 6) is 1.20. The van der Waals surface area contributed by atoms with Crippen molar-refractivity contribution in [1.29, 1.82) is 0 Å². The van der Waals surface area contributed by atoms with Crippen LogP contribution in [0.4, 0.5) is 0 Å². The van der Waals surface area contributed by atoms with Gasteiger partial charge in [-0.2, -0.15) is 0 Å². The Bertz CT molecular complexity index is 782. The van der Waals surface area contributed by atoms with Gasteiger partial charge in [-0.1, -0.05) is 83.2 Å². The molecule has 2 saturated carbocycles. The quantitative estimate of drug-likeness (QED) is 0.468. The molecule has 2 aromatic carbocycles. The van der Waals surface area contributed by atoms with Crippen molar-refractivity contribution in [1.82, 2.24) is 0 Å². The predicted molar refractivity (Wildman–Crippen MR) is 109 cm³/mol. The van der Waals surface area contributed by atoms with Crippen molar-refractivity contribution in [2.45, 2.75) is 55.2 Å². The number of aryl methyl sites for hydroxylation is 2. The highest BCUT2D eigenvalue weighted by atomic mass is 35.6. The molecule has 2 fully saturated rings. The molecule has 2 aliphatic carbocycles. The molecule has 4 rings (SSSR count). The Balaban J connectivity index is 1.77. The van der Waals surface area contributed by atoms with Gasteiger partial charge in [0.15, 0.2) is 3.79 Å². The van der Waals surface area contributed by atoms with Gasteiger partial charge < -0.3 is 0 Å². The van der Waals surface area contributed by atoms with Gasteiger partial charge in [0.2, 0.25) is 0 Å². The lowest BCUT2D eigenvalue weighted by molar-refractivity contribution is 0.420. The number of rotatable bonds is 3. The normalized spacial score (nSPS) is 23.4. The molecule has 25 heavy (non-hydrogen) atoms. The standard InChI is InChI=1S/C22H23Cl3/c1-13-6-8-16(9-7-13)19-11-17(20-12-21(20)22(23,24)25)14(2)10-18(19)15-4-3-5-15/h6-11,15,20-21H,3-5,12H2,1-2H3. The van der Waals surface area contributed by atoms with Gasteiger partial charge in [0.1, 0.15) is 0 Å². The van der Waals surface area contributed by atoms with E-state index in [1.165, 1.54) is 52.6 Å². The Hall–Kier alpha value is -0.690. The Morgan fingerprint density at radius 1 is 0.920 bits per heavy atom. The number of alkyl halides is 3. The Labute approximate surface area is 165 Å². The van der Waals surface area contributed by atoms with Crippen LogP contribution in [0.2, 0.25) is 0 Å². The van der Waals surface area contributed by atoms with Crippen LogP contribution in [0.3, 0.4) is 0 Å². The zero-order chi connectivity index (χ0) is 17.8. The van der Waals surface area contributed by atoms with Crippen molar-refractivity contribution in [3.05, 3.63) is 58.7 Å². The van der Waals surface area contributed by atoms with Crippen molar-refractivity contribution in [2.75, 3.05) is 0 Å². The van der Waals surface area contributed by atoms with Gasteiger partial charge in [-0.3, -0.25) is 0 Å². The van der Waals surface area contributed by atoms with Crippen LogP contribution in [0.25, 0.3) is 11.1 Å². The summed E-state index contributed by atoms with van der Waals surface area (Å²) < 4.78 is -1.16. The highest BCUT2D eigenvalue weighted by Gasteiger charge is 2.51. The maximum atomic E-state index is 6.15. The summed E-state index contributed by atoms with van der Waals surface area (Å²) in [6.45, 7) is 4.34. The maximum absolute atomic E-state index is 6.15. The molecule has 0 radical (unpaired) electrons. The highest BCUT2D eigenvalue weighted by molar-refractivity contribution is 6.68. The second-order valence-electron chi connectivity index (χ2n) is 7.78. The van der Waals surface area contributed by atoms with Crippen LogP contribution in [0, 0.1) is 19.8 Å². The first kappa shape index (κ1) is 17.7. The summed E-state index contributed by atoms with van der Waals surface area (Å²) in [6, 6.07) is 13.7. The van der Waals surface area contributed by atoms with E-state index in [1.54, 1.807) is 0 Å². The molecule has 0 aliphatic heterocycles. The molecule has 0 N–H and O–H groups in total. The molecule has 2 aliphatic rings. The van der Waals surface area contributed by atoms with E-state index in [0.717, 1.165) is 6.42 Å². The molecule has 0 spiro atoms. The van der Waals surface area contributed by atoms with Crippen molar-refractivity contribution < 1.29 is 0 Å². The Morgan fingerprint density at radius 2 is 1.60 bits per heavy atom. The first-order chi connectivity index (χ1) is 11.8. The molecule has 3 heteroatoms. The van der Waals surface area contributed by atoms with E-state index >= 15 is 0 Å². The molecule has 2 unspecified atom stereocenters. The zero-order valence-corrected chi connectivity index (χ0v) is 16.9. The maximum Gasteiger partial charge on any atom is 0.194 e. The lowest BCUT2D eigenvalue weighted by Crippen LogP contribution is -2.11. The molecule has 0 amide bonds. The predicted octanol–water partition coefficient (Wildman–Crippen LogP) is 7.71. The van der Waals surface area contributed by atoms with E-state index in [4.69, 9.17) is 34.8 Å². The molecule has 0 nitrogen and oxygen atoms in total. The Kier molecular flexibility index (Phi) is 4.59. The van der Waals surface area contributed by atoms with Gasteiger partial charge >= 0.3 is 0 Å². The summed E-state index contributed by atoms with van der Waals surface area (Å²) in [4.78, 5) is 0. The Morgan fingerprint density at radius 3 is 2.12 bits per heavy atom. The van der Waals surface area contributed by atoms with Crippen LogP contribution in [0.5, 0.6) is 0 Å². The highest BCUT2D eigenvalue weighted by Crippen LogP contribution is 2.60. The smallest absolute Gasteiger partial charge is 0.0834 e. The zero-order valence-electron chi connectivity index (χ0n) is 14.7. The lowest BCUT2D eigenvalue weighted by atomic mass is 9.75. The molecular formula is C22H23Cl3. The number of hydrogen-bond acceptors (Lipinski definition) is 0. The summed E-state index contributed by atoms with van der Waals surface area (Å²) in [6.07, 6.45) is 4.92. The summed E-state index contributed by atoms with van der Waals surface area (Å²) in [5, 5.41) is 0. The monoisotopic (exact) mass is 392 g/mol. The molecule has 0 saturated heterocycles. The van der Waals surface area contributed by atoms with Gasteiger partial charge in [0.05, 0.1) is 0 Å². The van der Waals surface area contributed by atoms with E-state index in [0.29, 0.717) is 11.8 Å². The minimum absolute atomic E-state index is 0.136. The van der Waals surface area contributed by atoms with Gasteiger partial charge in [-0.25, -0.2) is 0 Å². The third-order valence-electron chi connectivity index (χ3n) is 5.96. The van der Waals surface area contributed by atoms with Crippen molar-refractivity contribution >= 4 is 34.8 Å². The fraction of sp³-hybridized carbons (Fsp3) is 0.455. The largest absolute Gasteiger partial charge is 0.194 e. The van der Waals surface area contributed by atoms with E-state index < -0.39 is 3.79 Å². The number of benzene rings is 2. The van der Waals surface area contributed by atoms with Crippen molar-refractivity contribution in [2.24, 2.45) is 5.92 Å². The molecule has 0 aromatic heterocycles. The van der Waals surface area contributed by atoms with E-state index in [9.17, 15) is 0 Å². The van der Waals surface area contributed by atoms with Crippen LogP contribution in [0.15, 0.2) is 36.4 Å². The molecule has 2 aromatic rings. The van der Waals surface area contributed by atoms with E-state index in [-0.39, 0.29) is 5.92 Å². The van der Waals surface area contributed by atoms with Crippen LogP contribution < -0.4 is 0 Å². The summed E-state index contributed by atoms with van der Waals surface area (Å²) in [7, 11) is 0. The fourth-order valence-corrected chi connectivity index (χ4v) is 4.81. The fourth-order valence-electron chi connectivity index (χ4n) is 4.09. The van der Waals surface area contributed by atoms with Crippen LogP contribution in [-0.2, 0) is 0 Å². The van der Waals surface area contributed by atoms with Crippen LogP contribution in [-0.4, -0.2) is 3.79 Å². The minimum Gasteiger partial charge on any atom is -0.0834 e. The molecular weight excluding hydrogens is 371 g/mol. The third kappa shape index (κ3) is 3.46. The number of hydrogen-bond donors (Lipinski definition) is 0. The second kappa shape index (κ2) is 6.48. The first-order valence-electron chi connectivity index (χ1n) is 9.13. The van der Waals surface area contributed by atoms with E-state index in [1.807, 2.05) is 0 Å². The summed E-state index contributed by atoms with van der Waals surface area (Å²) >= 11 is 18.4. The summed E-state index contributed by atoms with van der Waals surface area (Å²) in [5.41, 5.74) is 8.18. The third-order valence-corrected chi connectivity index (χ3v) is 6.80. The van der Waals surface area contributed by atoms with Gasteiger partial charge in [0.25, 0.3) is 0 Å². The van der Waals surface area contributed by atoms with E-state index in [2.05, 4.69) is 50.2 Å². The van der Waals surface area contributed by atoms with Gasteiger partial charge in [-0.15, -0.1) is 0 Å². The number of halogens is 3. The average molecular weight is 394 g/mol. The van der Waals surface area contributed by atoms with Crippen molar-refractivity contribution in [3.8, 4) is 11.1 Å². The first-order valence-corrected chi connectivity index (χ1v) is 10.3. The molecule has 132 valence electrons. The van der Waals surface area contributed by atoms with Gasteiger partial charge in [0, 0.05) is 5.92 Å². The van der Waals surface area contributed by atoms with Gasteiger partial charge in [-0.05, 0) is 72.8 Å². The lowest BCUT2D eigenvalue weighted by Gasteiger charge is -2.29. The average Bonchev–Trinajstić information content (AvgIpc) is 3.27. The van der Waals surface area contributed by atoms with Crippen molar-refractivity contribution in [3.63, 3.8) is 0 Å². The molecule has 0 bridgehead atoms. The van der Waals surface area contributed by atoms with Crippen LogP contribution >= 0.6 is 34.8 Å². The molecule has 2 atom stereocenters. The topological polar surface area (TPSA) is 0 Å². The van der Waals surface area contributed by atoms with Crippen LogP contribution in [0.1, 0.15) is 59.8 Å². The molecule has 0 heterocycles. The minimum atomic E-state index is -1.16. The SMILES string of the molecule is Cc1ccc(-c2cc(C3CC3C(Cl)(Cl)Cl)c(C)cc2C2CCC2)cc1.